The zero-order valence-electron chi connectivity index (χ0n) is 14.4. The lowest BCUT2D eigenvalue weighted by molar-refractivity contribution is 0.117. The highest BCUT2D eigenvalue weighted by Gasteiger charge is 2.21. The van der Waals surface area contributed by atoms with Crippen molar-refractivity contribution in [2.45, 2.75) is 31.4 Å². The van der Waals surface area contributed by atoms with Gasteiger partial charge < -0.3 is 20.8 Å². The molecule has 0 spiro atoms. The molecule has 0 aliphatic rings. The summed E-state index contributed by atoms with van der Waals surface area (Å²) in [6.07, 6.45) is -1.48. The molecule has 1 amide bonds. The van der Waals surface area contributed by atoms with Gasteiger partial charge in [-0.3, -0.25) is 0 Å². The third-order valence-electron chi connectivity index (χ3n) is 4.24. The zero-order valence-corrected chi connectivity index (χ0v) is 14.4. The van der Waals surface area contributed by atoms with E-state index in [-0.39, 0.29) is 0 Å². The first-order chi connectivity index (χ1) is 12.1. The second-order valence-electron chi connectivity index (χ2n) is 6.28. The summed E-state index contributed by atoms with van der Waals surface area (Å²) < 4.78 is 0. The molecule has 0 saturated carbocycles. The van der Waals surface area contributed by atoms with Crippen LogP contribution < -0.4 is 10.6 Å². The number of nitrogens with one attached hydrogen (secondary N) is 2. The van der Waals surface area contributed by atoms with E-state index < -0.39 is 18.2 Å². The van der Waals surface area contributed by atoms with Gasteiger partial charge in [0.05, 0.1) is 12.1 Å². The number of hydrogen-bond donors (Lipinski definition) is 4. The molecule has 0 bridgehead atoms. The average molecular weight is 342 g/mol. The van der Waals surface area contributed by atoms with E-state index in [1.54, 1.807) is 0 Å². The van der Waals surface area contributed by atoms with Crippen LogP contribution in [-0.2, 0) is 6.42 Å². The Hall–Kier alpha value is -2.37. The van der Waals surface area contributed by atoms with Crippen LogP contribution in [0.15, 0.2) is 60.7 Å². The Kier molecular flexibility index (Phi) is 7.44. The van der Waals surface area contributed by atoms with Gasteiger partial charge in [0.25, 0.3) is 0 Å². The Balaban J connectivity index is 1.86. The lowest BCUT2D eigenvalue weighted by Gasteiger charge is -2.24. The van der Waals surface area contributed by atoms with Crippen LogP contribution in [0.5, 0.6) is 0 Å². The highest BCUT2D eigenvalue weighted by Crippen LogP contribution is 2.13. The SMILES string of the molecule is CC(CNC[C@H](O)[C@H](Cc1ccccc1)NC(=O)O)c1ccccc1. The molecule has 4 N–H and O–H groups in total. The fourth-order valence-corrected chi connectivity index (χ4v) is 2.80. The third-order valence-corrected chi connectivity index (χ3v) is 4.24. The van der Waals surface area contributed by atoms with E-state index in [4.69, 9.17) is 5.11 Å². The summed E-state index contributed by atoms with van der Waals surface area (Å²) in [5.74, 6) is 0.313. The third kappa shape index (κ3) is 6.57. The Morgan fingerprint density at radius 2 is 1.60 bits per heavy atom. The van der Waals surface area contributed by atoms with E-state index >= 15 is 0 Å². The van der Waals surface area contributed by atoms with E-state index in [1.165, 1.54) is 5.56 Å². The Bertz CT molecular complexity index is 634. The van der Waals surface area contributed by atoms with Gasteiger partial charge in [0, 0.05) is 13.1 Å². The predicted octanol–water partition coefficient (Wildman–Crippen LogP) is 2.62. The van der Waals surface area contributed by atoms with Crippen molar-refractivity contribution in [1.29, 1.82) is 0 Å². The Morgan fingerprint density at radius 1 is 1.00 bits per heavy atom. The van der Waals surface area contributed by atoms with E-state index in [2.05, 4.69) is 29.7 Å². The zero-order chi connectivity index (χ0) is 18.1. The number of hydrogen-bond acceptors (Lipinski definition) is 3. The van der Waals surface area contributed by atoms with Crippen molar-refractivity contribution in [3.05, 3.63) is 71.8 Å². The van der Waals surface area contributed by atoms with Gasteiger partial charge in [-0.2, -0.15) is 0 Å². The summed E-state index contributed by atoms with van der Waals surface area (Å²) in [6.45, 7) is 3.16. The first kappa shape index (κ1) is 19.0. The molecule has 3 atom stereocenters. The number of carbonyl (C=O) groups is 1. The first-order valence-electron chi connectivity index (χ1n) is 8.53. The molecule has 0 radical (unpaired) electrons. The summed E-state index contributed by atoms with van der Waals surface area (Å²) in [4.78, 5) is 11.0. The van der Waals surface area contributed by atoms with E-state index in [0.717, 1.165) is 5.56 Å². The van der Waals surface area contributed by atoms with Crippen LogP contribution in [0, 0.1) is 0 Å². The molecule has 2 aromatic rings. The van der Waals surface area contributed by atoms with Crippen LogP contribution >= 0.6 is 0 Å². The van der Waals surface area contributed by atoms with E-state index in [0.29, 0.717) is 25.4 Å². The smallest absolute Gasteiger partial charge is 0.404 e. The lowest BCUT2D eigenvalue weighted by atomic mass is 10.00. The minimum absolute atomic E-state index is 0.313. The van der Waals surface area contributed by atoms with E-state index in [1.807, 2.05) is 48.5 Å². The van der Waals surface area contributed by atoms with Gasteiger partial charge >= 0.3 is 6.09 Å². The van der Waals surface area contributed by atoms with Crippen LogP contribution in [0.4, 0.5) is 4.79 Å². The molecular weight excluding hydrogens is 316 g/mol. The Morgan fingerprint density at radius 3 is 2.20 bits per heavy atom. The highest BCUT2D eigenvalue weighted by atomic mass is 16.4. The number of benzene rings is 2. The Labute approximate surface area is 148 Å². The maximum Gasteiger partial charge on any atom is 0.404 e. The summed E-state index contributed by atoms with van der Waals surface area (Å²) in [5, 5.41) is 25.1. The molecule has 0 aliphatic heterocycles. The fourth-order valence-electron chi connectivity index (χ4n) is 2.80. The predicted molar refractivity (Wildman–Crippen MR) is 98.8 cm³/mol. The molecule has 0 aliphatic carbocycles. The fraction of sp³-hybridized carbons (Fsp3) is 0.350. The number of carboxylic acid groups (broad SMARTS) is 1. The second kappa shape index (κ2) is 9.81. The number of amides is 1. The molecule has 5 nitrogen and oxygen atoms in total. The van der Waals surface area contributed by atoms with Crippen molar-refractivity contribution in [3.63, 3.8) is 0 Å². The average Bonchev–Trinajstić information content (AvgIpc) is 2.62. The quantitative estimate of drug-likeness (QED) is 0.565. The molecule has 5 heteroatoms. The van der Waals surface area contributed by atoms with Crippen molar-refractivity contribution in [1.82, 2.24) is 10.6 Å². The summed E-state index contributed by atoms with van der Waals surface area (Å²) in [7, 11) is 0. The van der Waals surface area contributed by atoms with Crippen molar-refractivity contribution in [3.8, 4) is 0 Å². The molecule has 0 aromatic heterocycles. The van der Waals surface area contributed by atoms with E-state index in [9.17, 15) is 9.90 Å². The van der Waals surface area contributed by atoms with Gasteiger partial charge in [0.15, 0.2) is 0 Å². The summed E-state index contributed by atoms with van der Waals surface area (Å²) in [6, 6.07) is 19.2. The van der Waals surface area contributed by atoms with Gasteiger partial charge in [0.1, 0.15) is 0 Å². The molecular formula is C20H26N2O3. The monoisotopic (exact) mass is 342 g/mol. The van der Waals surface area contributed by atoms with Crippen molar-refractivity contribution in [2.75, 3.05) is 13.1 Å². The largest absolute Gasteiger partial charge is 0.465 e. The minimum atomic E-state index is -1.13. The van der Waals surface area contributed by atoms with Gasteiger partial charge in [-0.1, -0.05) is 67.6 Å². The molecule has 25 heavy (non-hydrogen) atoms. The molecule has 2 rings (SSSR count). The summed E-state index contributed by atoms with van der Waals surface area (Å²) >= 11 is 0. The summed E-state index contributed by atoms with van der Waals surface area (Å²) in [5.41, 5.74) is 2.21. The van der Waals surface area contributed by atoms with Gasteiger partial charge in [-0.15, -0.1) is 0 Å². The molecule has 0 heterocycles. The van der Waals surface area contributed by atoms with Crippen molar-refractivity contribution in [2.24, 2.45) is 0 Å². The van der Waals surface area contributed by atoms with Crippen molar-refractivity contribution < 1.29 is 15.0 Å². The van der Waals surface area contributed by atoms with Crippen molar-refractivity contribution >= 4 is 6.09 Å². The van der Waals surface area contributed by atoms with Crippen LogP contribution in [0.25, 0.3) is 0 Å². The molecule has 134 valence electrons. The van der Waals surface area contributed by atoms with Crippen LogP contribution in [0.1, 0.15) is 24.0 Å². The van der Waals surface area contributed by atoms with Gasteiger partial charge in [0.2, 0.25) is 0 Å². The molecule has 0 saturated heterocycles. The standard InChI is InChI=1S/C20H26N2O3/c1-15(17-10-6-3-7-11-17)13-21-14-19(23)18(22-20(24)25)12-16-8-4-2-5-9-16/h2-11,15,18-19,21-23H,12-14H2,1H3,(H,24,25)/t15?,18-,19-/m0/s1. The number of aliphatic hydroxyl groups excluding tert-OH is 1. The van der Waals surface area contributed by atoms with Crippen LogP contribution in [0.3, 0.4) is 0 Å². The number of rotatable bonds is 9. The van der Waals surface area contributed by atoms with Gasteiger partial charge in [-0.25, -0.2) is 4.79 Å². The molecule has 2 aromatic carbocycles. The first-order valence-corrected chi connectivity index (χ1v) is 8.53. The highest BCUT2D eigenvalue weighted by molar-refractivity contribution is 5.65. The minimum Gasteiger partial charge on any atom is -0.465 e. The maximum absolute atomic E-state index is 11.0. The molecule has 1 unspecified atom stereocenters. The second-order valence-corrected chi connectivity index (χ2v) is 6.28. The van der Waals surface area contributed by atoms with Crippen LogP contribution in [-0.4, -0.2) is 41.5 Å². The van der Waals surface area contributed by atoms with Crippen LogP contribution in [0.2, 0.25) is 0 Å². The lowest BCUT2D eigenvalue weighted by Crippen LogP contribution is -2.48. The topological polar surface area (TPSA) is 81.6 Å². The van der Waals surface area contributed by atoms with Gasteiger partial charge in [-0.05, 0) is 23.5 Å². The molecule has 0 fully saturated rings. The maximum atomic E-state index is 11.0. The number of aliphatic hydroxyl groups is 1. The normalized spacial score (nSPS) is 14.5.